The molecule has 0 aliphatic rings. The zero-order chi connectivity index (χ0) is 18.4. The number of hydrogen-bond acceptors (Lipinski definition) is 4. The van der Waals surface area contributed by atoms with Crippen LogP contribution in [0.25, 0.3) is 6.08 Å². The highest BCUT2D eigenvalue weighted by Crippen LogP contribution is 2.30. The fourth-order valence-electron chi connectivity index (χ4n) is 2.18. The minimum absolute atomic E-state index is 0.0797. The van der Waals surface area contributed by atoms with Gasteiger partial charge in [0.1, 0.15) is 12.4 Å². The van der Waals surface area contributed by atoms with Crippen LogP contribution in [0.4, 0.5) is 4.39 Å². The number of methoxy groups -OCH3 is 2. The van der Waals surface area contributed by atoms with Crippen molar-refractivity contribution in [1.29, 1.82) is 0 Å². The average molecular weight is 409 g/mol. The predicted octanol–water partition coefficient (Wildman–Crippen LogP) is 4.67. The van der Waals surface area contributed by atoms with E-state index in [4.69, 9.17) is 14.2 Å². The summed E-state index contributed by atoms with van der Waals surface area (Å²) in [4.78, 5) is 11.9. The zero-order valence-electron chi connectivity index (χ0n) is 14.1. The Morgan fingerprint density at radius 3 is 2.52 bits per heavy atom. The van der Waals surface area contributed by atoms with Crippen LogP contribution in [0.5, 0.6) is 11.5 Å². The molecule has 132 valence electrons. The number of rotatable bonds is 6. The maximum atomic E-state index is 13.6. The van der Waals surface area contributed by atoms with Crippen LogP contribution in [-0.2, 0) is 16.1 Å². The van der Waals surface area contributed by atoms with E-state index in [1.54, 1.807) is 25.3 Å². The third-order valence-electron chi connectivity index (χ3n) is 3.57. The lowest BCUT2D eigenvalue weighted by atomic mass is 10.1. The van der Waals surface area contributed by atoms with Gasteiger partial charge in [0.2, 0.25) is 0 Å². The Bertz CT molecular complexity index is 802. The van der Waals surface area contributed by atoms with Crippen LogP contribution in [0.3, 0.4) is 0 Å². The highest BCUT2D eigenvalue weighted by atomic mass is 79.9. The van der Waals surface area contributed by atoms with Gasteiger partial charge < -0.3 is 14.2 Å². The van der Waals surface area contributed by atoms with Crippen molar-refractivity contribution in [2.75, 3.05) is 14.2 Å². The van der Waals surface area contributed by atoms with Crippen molar-refractivity contribution in [2.45, 2.75) is 13.5 Å². The second kappa shape index (κ2) is 8.67. The van der Waals surface area contributed by atoms with Crippen molar-refractivity contribution in [1.82, 2.24) is 0 Å². The van der Waals surface area contributed by atoms with Gasteiger partial charge in [-0.3, -0.25) is 0 Å². The average Bonchev–Trinajstić information content (AvgIpc) is 2.61. The van der Waals surface area contributed by atoms with Crippen LogP contribution < -0.4 is 9.47 Å². The molecule has 0 unspecified atom stereocenters. The van der Waals surface area contributed by atoms with Crippen LogP contribution in [0.1, 0.15) is 16.7 Å². The van der Waals surface area contributed by atoms with Gasteiger partial charge in [-0.1, -0.05) is 15.9 Å². The molecule has 0 radical (unpaired) electrons. The number of halogens is 2. The van der Waals surface area contributed by atoms with Gasteiger partial charge >= 0.3 is 5.97 Å². The van der Waals surface area contributed by atoms with Gasteiger partial charge in [-0.2, -0.15) is 0 Å². The van der Waals surface area contributed by atoms with E-state index in [0.717, 1.165) is 15.6 Å². The molecule has 0 aliphatic heterocycles. The SMILES string of the molecule is COc1cc(C)c(COC(=O)/C=C/c2cc(Br)ccc2F)cc1OC. The summed E-state index contributed by atoms with van der Waals surface area (Å²) in [5.41, 5.74) is 2.01. The largest absolute Gasteiger partial charge is 0.493 e. The molecular weight excluding hydrogens is 391 g/mol. The van der Waals surface area contributed by atoms with Gasteiger partial charge in [0.25, 0.3) is 0 Å². The van der Waals surface area contributed by atoms with Crippen LogP contribution in [0.15, 0.2) is 40.9 Å². The summed E-state index contributed by atoms with van der Waals surface area (Å²) >= 11 is 3.26. The van der Waals surface area contributed by atoms with E-state index < -0.39 is 11.8 Å². The van der Waals surface area contributed by atoms with E-state index in [1.165, 1.54) is 25.3 Å². The molecule has 0 bridgehead atoms. The Morgan fingerprint density at radius 1 is 1.16 bits per heavy atom. The van der Waals surface area contributed by atoms with Gasteiger partial charge in [-0.05, 0) is 54.5 Å². The van der Waals surface area contributed by atoms with Crippen molar-refractivity contribution in [3.05, 3.63) is 63.4 Å². The normalized spacial score (nSPS) is 10.8. The lowest BCUT2D eigenvalue weighted by Crippen LogP contribution is -2.03. The Hall–Kier alpha value is -2.34. The number of aryl methyl sites for hydroxylation is 1. The second-order valence-corrected chi connectivity index (χ2v) is 6.16. The van der Waals surface area contributed by atoms with Gasteiger partial charge in [-0.15, -0.1) is 0 Å². The predicted molar refractivity (Wildman–Crippen MR) is 97.2 cm³/mol. The minimum atomic E-state index is -0.562. The molecule has 2 rings (SSSR count). The van der Waals surface area contributed by atoms with Crippen LogP contribution in [0, 0.1) is 12.7 Å². The molecule has 0 amide bonds. The summed E-state index contributed by atoms with van der Waals surface area (Å²) in [7, 11) is 3.10. The van der Waals surface area contributed by atoms with Crippen molar-refractivity contribution in [2.24, 2.45) is 0 Å². The summed E-state index contributed by atoms with van der Waals surface area (Å²) < 4.78 is 30.0. The fraction of sp³-hybridized carbons (Fsp3) is 0.211. The first-order chi connectivity index (χ1) is 11.9. The Balaban J connectivity index is 2.05. The third kappa shape index (κ3) is 5.06. The van der Waals surface area contributed by atoms with E-state index in [0.29, 0.717) is 17.1 Å². The number of esters is 1. The first-order valence-corrected chi connectivity index (χ1v) is 8.25. The molecule has 0 heterocycles. The molecule has 0 atom stereocenters. The molecular formula is C19H18BrFO4. The second-order valence-electron chi connectivity index (χ2n) is 5.24. The molecule has 2 aromatic rings. The number of benzene rings is 2. The topological polar surface area (TPSA) is 44.8 Å². The fourth-order valence-corrected chi connectivity index (χ4v) is 2.55. The maximum absolute atomic E-state index is 13.6. The first-order valence-electron chi connectivity index (χ1n) is 7.46. The number of hydrogen-bond donors (Lipinski definition) is 0. The Kier molecular flexibility index (Phi) is 6.58. The molecule has 0 spiro atoms. The van der Waals surface area contributed by atoms with Crippen molar-refractivity contribution in [3.8, 4) is 11.5 Å². The molecule has 0 saturated heterocycles. The smallest absolute Gasteiger partial charge is 0.331 e. The van der Waals surface area contributed by atoms with E-state index >= 15 is 0 Å². The van der Waals surface area contributed by atoms with Crippen molar-refractivity contribution >= 4 is 28.0 Å². The van der Waals surface area contributed by atoms with E-state index in [-0.39, 0.29) is 6.61 Å². The van der Waals surface area contributed by atoms with Gasteiger partial charge in [0, 0.05) is 16.1 Å². The third-order valence-corrected chi connectivity index (χ3v) is 4.06. The Labute approximate surface area is 154 Å². The lowest BCUT2D eigenvalue weighted by Gasteiger charge is -2.12. The van der Waals surface area contributed by atoms with E-state index in [2.05, 4.69) is 15.9 Å². The summed E-state index contributed by atoms with van der Waals surface area (Å²) in [6.45, 7) is 1.97. The molecule has 0 saturated carbocycles. The Morgan fingerprint density at radius 2 is 1.84 bits per heavy atom. The maximum Gasteiger partial charge on any atom is 0.331 e. The van der Waals surface area contributed by atoms with Gasteiger partial charge in [-0.25, -0.2) is 9.18 Å². The van der Waals surface area contributed by atoms with Crippen LogP contribution in [-0.4, -0.2) is 20.2 Å². The zero-order valence-corrected chi connectivity index (χ0v) is 15.7. The highest BCUT2D eigenvalue weighted by molar-refractivity contribution is 9.10. The summed E-state index contributed by atoms with van der Waals surface area (Å²) in [6, 6.07) is 8.07. The summed E-state index contributed by atoms with van der Waals surface area (Å²) in [6.07, 6.45) is 2.57. The molecule has 0 aliphatic carbocycles. The molecule has 0 fully saturated rings. The number of carbonyl (C=O) groups is 1. The number of carbonyl (C=O) groups excluding carboxylic acids is 1. The van der Waals surface area contributed by atoms with Crippen molar-refractivity contribution in [3.63, 3.8) is 0 Å². The molecule has 2 aromatic carbocycles. The number of ether oxygens (including phenoxy) is 3. The lowest BCUT2D eigenvalue weighted by molar-refractivity contribution is -0.138. The molecule has 4 nitrogen and oxygen atoms in total. The monoisotopic (exact) mass is 408 g/mol. The molecule has 25 heavy (non-hydrogen) atoms. The standard InChI is InChI=1S/C19H18BrFO4/c1-12-8-17(23-2)18(24-3)10-14(12)11-25-19(22)7-4-13-9-15(20)5-6-16(13)21/h4-10H,11H2,1-3H3/b7-4+. The first kappa shape index (κ1) is 19.0. The van der Waals surface area contributed by atoms with Crippen LogP contribution in [0.2, 0.25) is 0 Å². The quantitative estimate of drug-likeness (QED) is 0.514. The summed E-state index contributed by atoms with van der Waals surface area (Å²) in [5.74, 6) is 0.197. The van der Waals surface area contributed by atoms with Crippen molar-refractivity contribution < 1.29 is 23.4 Å². The molecule has 0 N–H and O–H groups in total. The summed E-state index contributed by atoms with van der Waals surface area (Å²) in [5, 5.41) is 0. The highest BCUT2D eigenvalue weighted by Gasteiger charge is 2.10. The minimum Gasteiger partial charge on any atom is -0.493 e. The van der Waals surface area contributed by atoms with Crippen LogP contribution >= 0.6 is 15.9 Å². The molecule has 0 aromatic heterocycles. The molecule has 6 heteroatoms. The van der Waals surface area contributed by atoms with E-state index in [9.17, 15) is 9.18 Å². The van der Waals surface area contributed by atoms with Gasteiger partial charge in [0.15, 0.2) is 11.5 Å². The van der Waals surface area contributed by atoms with Gasteiger partial charge in [0.05, 0.1) is 14.2 Å². The van der Waals surface area contributed by atoms with E-state index in [1.807, 2.05) is 13.0 Å².